The maximum atomic E-state index is 12.6. The number of aliphatic carboxylic acids is 1. The Kier molecular flexibility index (Phi) is 6.55. The van der Waals surface area contributed by atoms with E-state index in [4.69, 9.17) is 5.11 Å². The predicted molar refractivity (Wildman–Crippen MR) is 97.5 cm³/mol. The lowest BCUT2D eigenvalue weighted by atomic mass is 10.1. The molecule has 1 saturated heterocycles. The molecule has 0 aromatic heterocycles. The number of anilines is 1. The number of benzene rings is 1. The maximum Gasteiger partial charge on any atom is 0.305 e. The molecule has 0 saturated carbocycles. The molecule has 1 fully saturated rings. The van der Waals surface area contributed by atoms with E-state index in [1.54, 1.807) is 0 Å². The minimum absolute atomic E-state index is 0.0419. The number of likely N-dealkylation sites (tertiary alicyclic amines) is 1. The van der Waals surface area contributed by atoms with Crippen molar-refractivity contribution >= 4 is 33.5 Å². The van der Waals surface area contributed by atoms with Crippen molar-refractivity contribution in [3.63, 3.8) is 0 Å². The molecule has 3 N–H and O–H groups in total. The minimum atomic E-state index is -3.95. The van der Waals surface area contributed by atoms with Gasteiger partial charge in [-0.3, -0.25) is 14.4 Å². The number of nitrogens with zero attached hydrogens (tertiary/aromatic N) is 1. The highest BCUT2D eigenvalue weighted by atomic mass is 32.2. The molecule has 2 amide bonds. The fraction of sp³-hybridized carbons (Fsp3) is 0.471. The van der Waals surface area contributed by atoms with Gasteiger partial charge in [0, 0.05) is 25.2 Å². The average molecular weight is 397 g/mol. The van der Waals surface area contributed by atoms with Crippen molar-refractivity contribution in [2.45, 2.75) is 50.1 Å². The number of carboxylic acids is 1. The number of amides is 2. The van der Waals surface area contributed by atoms with Crippen LogP contribution in [0.5, 0.6) is 0 Å². The van der Waals surface area contributed by atoms with E-state index < -0.39 is 34.0 Å². The zero-order valence-electron chi connectivity index (χ0n) is 15.1. The van der Waals surface area contributed by atoms with Crippen LogP contribution in [0, 0.1) is 0 Å². The van der Waals surface area contributed by atoms with E-state index in [1.165, 1.54) is 43.0 Å². The van der Waals surface area contributed by atoms with Gasteiger partial charge in [0.1, 0.15) is 0 Å². The molecule has 0 spiro atoms. The summed E-state index contributed by atoms with van der Waals surface area (Å²) < 4.78 is 27.3. The first kappa shape index (κ1) is 20.8. The number of carbonyl (C=O) groups is 3. The normalized spacial score (nSPS) is 18.1. The Labute approximate surface area is 157 Å². The fourth-order valence-electron chi connectivity index (χ4n) is 3.06. The summed E-state index contributed by atoms with van der Waals surface area (Å²) in [5, 5.41) is 11.5. The Balaban J connectivity index is 2.06. The van der Waals surface area contributed by atoms with Crippen molar-refractivity contribution in [2.75, 3.05) is 11.9 Å². The van der Waals surface area contributed by atoms with Gasteiger partial charge in [-0.25, -0.2) is 8.42 Å². The first-order valence-electron chi connectivity index (χ1n) is 8.52. The first-order chi connectivity index (χ1) is 12.6. The van der Waals surface area contributed by atoms with Gasteiger partial charge in [-0.15, -0.1) is 0 Å². The van der Waals surface area contributed by atoms with Gasteiger partial charge in [0.15, 0.2) is 0 Å². The molecule has 1 aliphatic rings. The number of carboxylic acid groups (broad SMARTS) is 1. The maximum absolute atomic E-state index is 12.6. The third-order valence-corrected chi connectivity index (χ3v) is 5.81. The number of sulfonamides is 1. The molecule has 1 aromatic rings. The molecule has 2 rings (SSSR count). The summed E-state index contributed by atoms with van der Waals surface area (Å²) in [6.07, 6.45) is 1.12. The van der Waals surface area contributed by atoms with E-state index in [-0.39, 0.29) is 17.2 Å². The van der Waals surface area contributed by atoms with Crippen LogP contribution in [0.1, 0.15) is 33.1 Å². The van der Waals surface area contributed by atoms with Gasteiger partial charge < -0.3 is 15.3 Å². The molecule has 1 aromatic carbocycles. The van der Waals surface area contributed by atoms with Crippen molar-refractivity contribution < 1.29 is 27.9 Å². The van der Waals surface area contributed by atoms with Gasteiger partial charge in [0.2, 0.25) is 21.8 Å². The number of rotatable bonds is 7. The van der Waals surface area contributed by atoms with E-state index in [9.17, 15) is 22.8 Å². The SMILES string of the molecule is CC(=O)Nc1ccc(S(=O)(=O)NC(C)C(=O)N2CCCC2CC(=O)O)cc1. The highest BCUT2D eigenvalue weighted by Crippen LogP contribution is 2.22. The number of nitrogens with one attached hydrogen (secondary N) is 2. The van der Waals surface area contributed by atoms with E-state index in [0.29, 0.717) is 25.1 Å². The monoisotopic (exact) mass is 397 g/mol. The molecule has 9 nitrogen and oxygen atoms in total. The van der Waals surface area contributed by atoms with Crippen molar-refractivity contribution in [3.05, 3.63) is 24.3 Å². The Morgan fingerprint density at radius 3 is 2.44 bits per heavy atom. The largest absolute Gasteiger partial charge is 0.481 e. The Morgan fingerprint density at radius 2 is 1.89 bits per heavy atom. The van der Waals surface area contributed by atoms with E-state index in [0.717, 1.165) is 0 Å². The second-order valence-electron chi connectivity index (χ2n) is 6.47. The van der Waals surface area contributed by atoms with Crippen LogP contribution in [0.15, 0.2) is 29.2 Å². The summed E-state index contributed by atoms with van der Waals surface area (Å²) in [5.41, 5.74) is 0.458. The summed E-state index contributed by atoms with van der Waals surface area (Å²) in [6.45, 7) is 3.19. The quantitative estimate of drug-likeness (QED) is 0.623. The molecule has 10 heteroatoms. The summed E-state index contributed by atoms with van der Waals surface area (Å²) >= 11 is 0. The second kappa shape index (κ2) is 8.49. The lowest BCUT2D eigenvalue weighted by Crippen LogP contribution is -2.48. The van der Waals surface area contributed by atoms with Crippen molar-refractivity contribution in [1.82, 2.24) is 9.62 Å². The summed E-state index contributed by atoms with van der Waals surface area (Å²) in [6, 6.07) is 4.11. The lowest BCUT2D eigenvalue weighted by Gasteiger charge is -2.27. The summed E-state index contributed by atoms with van der Waals surface area (Å²) in [7, 11) is -3.95. The summed E-state index contributed by atoms with van der Waals surface area (Å²) in [4.78, 5) is 35.9. The van der Waals surface area contributed by atoms with Gasteiger partial charge in [0.05, 0.1) is 17.4 Å². The smallest absolute Gasteiger partial charge is 0.305 e. The van der Waals surface area contributed by atoms with Crippen LogP contribution < -0.4 is 10.0 Å². The van der Waals surface area contributed by atoms with Crippen LogP contribution in [-0.4, -0.2) is 54.8 Å². The molecule has 148 valence electrons. The third-order valence-electron chi connectivity index (χ3n) is 4.26. The van der Waals surface area contributed by atoms with Gasteiger partial charge in [-0.1, -0.05) is 0 Å². The Morgan fingerprint density at radius 1 is 1.26 bits per heavy atom. The molecular formula is C17H23N3O6S. The van der Waals surface area contributed by atoms with Crippen LogP contribution in [-0.2, 0) is 24.4 Å². The van der Waals surface area contributed by atoms with Crippen LogP contribution in [0.4, 0.5) is 5.69 Å². The molecule has 1 aliphatic heterocycles. The highest BCUT2D eigenvalue weighted by molar-refractivity contribution is 7.89. The lowest BCUT2D eigenvalue weighted by molar-refractivity contribution is -0.140. The Hall–Kier alpha value is -2.46. The fourth-order valence-corrected chi connectivity index (χ4v) is 4.26. The molecule has 0 bridgehead atoms. The van der Waals surface area contributed by atoms with Gasteiger partial charge in [-0.05, 0) is 44.0 Å². The second-order valence-corrected chi connectivity index (χ2v) is 8.19. The minimum Gasteiger partial charge on any atom is -0.481 e. The van der Waals surface area contributed by atoms with Crippen LogP contribution >= 0.6 is 0 Å². The van der Waals surface area contributed by atoms with Crippen LogP contribution in [0.2, 0.25) is 0 Å². The predicted octanol–water partition coefficient (Wildman–Crippen LogP) is 0.778. The van der Waals surface area contributed by atoms with Crippen LogP contribution in [0.25, 0.3) is 0 Å². The van der Waals surface area contributed by atoms with Crippen molar-refractivity contribution in [1.29, 1.82) is 0 Å². The van der Waals surface area contributed by atoms with E-state index >= 15 is 0 Å². The van der Waals surface area contributed by atoms with E-state index in [2.05, 4.69) is 10.0 Å². The first-order valence-corrected chi connectivity index (χ1v) is 10.0. The number of hydrogen-bond donors (Lipinski definition) is 3. The standard InChI is InChI=1S/C17H23N3O6S/c1-11(17(24)20-9-3-4-14(20)10-16(22)23)19-27(25,26)15-7-5-13(6-8-15)18-12(2)21/h5-8,11,14,19H,3-4,9-10H2,1-2H3,(H,18,21)(H,22,23). The third kappa shape index (κ3) is 5.51. The molecule has 0 aliphatic carbocycles. The molecule has 1 heterocycles. The highest BCUT2D eigenvalue weighted by Gasteiger charge is 2.34. The van der Waals surface area contributed by atoms with Gasteiger partial charge >= 0.3 is 5.97 Å². The van der Waals surface area contributed by atoms with Crippen molar-refractivity contribution in [2.24, 2.45) is 0 Å². The summed E-state index contributed by atoms with van der Waals surface area (Å²) in [5.74, 6) is -1.71. The molecule has 2 atom stereocenters. The van der Waals surface area contributed by atoms with E-state index in [1.807, 2.05) is 0 Å². The molecule has 27 heavy (non-hydrogen) atoms. The van der Waals surface area contributed by atoms with Gasteiger partial charge in [-0.2, -0.15) is 4.72 Å². The van der Waals surface area contributed by atoms with Crippen molar-refractivity contribution in [3.8, 4) is 0 Å². The van der Waals surface area contributed by atoms with Crippen LogP contribution in [0.3, 0.4) is 0 Å². The average Bonchev–Trinajstić information content (AvgIpc) is 3.00. The Bertz CT molecular complexity index is 822. The number of hydrogen-bond acceptors (Lipinski definition) is 5. The molecular weight excluding hydrogens is 374 g/mol. The molecule has 0 radical (unpaired) electrons. The van der Waals surface area contributed by atoms with Gasteiger partial charge in [0.25, 0.3) is 0 Å². The zero-order valence-corrected chi connectivity index (χ0v) is 16.0. The topological polar surface area (TPSA) is 133 Å². The molecule has 2 unspecified atom stereocenters. The zero-order chi connectivity index (χ0) is 20.2. The number of carbonyl (C=O) groups excluding carboxylic acids is 2.